The first-order valence-corrected chi connectivity index (χ1v) is 12.0. The van der Waals surface area contributed by atoms with Gasteiger partial charge in [0.05, 0.1) is 24.8 Å². The molecule has 0 fully saturated rings. The lowest BCUT2D eigenvalue weighted by Gasteiger charge is -2.18. The highest BCUT2D eigenvalue weighted by atomic mass is 32.2. The van der Waals surface area contributed by atoms with Crippen LogP contribution in [0.4, 0.5) is 0 Å². The van der Waals surface area contributed by atoms with E-state index in [9.17, 15) is 18.5 Å². The van der Waals surface area contributed by atoms with E-state index in [1.807, 2.05) is 13.0 Å². The Hall–Kier alpha value is -4.29. The van der Waals surface area contributed by atoms with E-state index in [-0.39, 0.29) is 16.2 Å². The van der Waals surface area contributed by atoms with Crippen LogP contribution in [0.1, 0.15) is 11.1 Å². The van der Waals surface area contributed by atoms with Gasteiger partial charge in [-0.1, -0.05) is 17.7 Å². The van der Waals surface area contributed by atoms with E-state index in [1.165, 1.54) is 26.4 Å². The molecule has 0 radical (unpaired) electrons. The highest BCUT2D eigenvalue weighted by Crippen LogP contribution is 2.35. The molecule has 0 bridgehead atoms. The summed E-state index contributed by atoms with van der Waals surface area (Å²) in [6, 6.07) is 18.0. The summed E-state index contributed by atoms with van der Waals surface area (Å²) in [4.78, 5) is 13.6. The standard InChI is InChI=1S/C26H23N3O5S/c1-17-7-10-19(11-8-17)35(31,32)29-23(18-9-12-24(33-3)25(14-18)34-4)15-20(21(16-27)26(29)30)22-6-5-13-28(22)2/h5-15H,1-4H3. The molecule has 9 heteroatoms. The van der Waals surface area contributed by atoms with Crippen LogP contribution in [0.15, 0.2) is 76.6 Å². The molecule has 0 N–H and O–H groups in total. The first-order valence-electron chi connectivity index (χ1n) is 10.6. The number of hydrogen-bond acceptors (Lipinski definition) is 6. The van der Waals surface area contributed by atoms with Crippen LogP contribution >= 0.6 is 0 Å². The average molecular weight is 490 g/mol. The first kappa shape index (κ1) is 23.9. The number of methoxy groups -OCH3 is 2. The monoisotopic (exact) mass is 489 g/mol. The Morgan fingerprint density at radius 1 is 0.914 bits per heavy atom. The molecule has 2 aromatic heterocycles. The normalized spacial score (nSPS) is 11.2. The maximum atomic E-state index is 13.8. The average Bonchev–Trinajstić information content (AvgIpc) is 3.28. The molecule has 0 unspecified atom stereocenters. The fourth-order valence-corrected chi connectivity index (χ4v) is 5.31. The number of nitrogens with zero attached hydrogens (tertiary/aromatic N) is 3. The highest BCUT2D eigenvalue weighted by Gasteiger charge is 2.27. The zero-order valence-corrected chi connectivity index (χ0v) is 20.5. The van der Waals surface area contributed by atoms with Crippen molar-refractivity contribution in [3.8, 4) is 40.1 Å². The number of rotatable bonds is 6. The fraction of sp³-hybridized carbons (Fsp3) is 0.154. The molecule has 4 aromatic rings. The van der Waals surface area contributed by atoms with E-state index < -0.39 is 15.6 Å². The van der Waals surface area contributed by atoms with E-state index in [2.05, 4.69) is 0 Å². The van der Waals surface area contributed by atoms with E-state index in [1.54, 1.807) is 66.3 Å². The van der Waals surface area contributed by atoms with Crippen molar-refractivity contribution in [1.82, 2.24) is 8.54 Å². The summed E-state index contributed by atoms with van der Waals surface area (Å²) in [7, 11) is 0.379. The topological polar surface area (TPSA) is 103 Å². The minimum Gasteiger partial charge on any atom is -0.493 e. The van der Waals surface area contributed by atoms with Gasteiger partial charge in [0, 0.05) is 30.1 Å². The van der Waals surface area contributed by atoms with Crippen molar-refractivity contribution in [2.24, 2.45) is 7.05 Å². The number of ether oxygens (including phenoxy) is 2. The van der Waals surface area contributed by atoms with Crippen molar-refractivity contribution in [2.45, 2.75) is 11.8 Å². The molecule has 2 heterocycles. The van der Waals surface area contributed by atoms with Gasteiger partial charge in [0.15, 0.2) is 11.5 Å². The van der Waals surface area contributed by atoms with Gasteiger partial charge in [-0.25, -0.2) is 8.42 Å². The fourth-order valence-electron chi connectivity index (χ4n) is 3.90. The third-order valence-corrected chi connectivity index (χ3v) is 7.45. The summed E-state index contributed by atoms with van der Waals surface area (Å²) < 4.78 is 40.7. The van der Waals surface area contributed by atoms with Gasteiger partial charge >= 0.3 is 0 Å². The molecule has 0 aliphatic heterocycles. The van der Waals surface area contributed by atoms with Crippen LogP contribution in [-0.2, 0) is 17.1 Å². The van der Waals surface area contributed by atoms with Crippen LogP contribution in [-0.4, -0.2) is 31.2 Å². The zero-order valence-electron chi connectivity index (χ0n) is 19.6. The number of benzene rings is 2. The van der Waals surface area contributed by atoms with Crippen molar-refractivity contribution in [3.05, 3.63) is 88.3 Å². The molecule has 0 amide bonds. The van der Waals surface area contributed by atoms with Crippen LogP contribution in [0.3, 0.4) is 0 Å². The van der Waals surface area contributed by atoms with Crippen molar-refractivity contribution in [3.63, 3.8) is 0 Å². The molecule has 0 aliphatic carbocycles. The summed E-state index contributed by atoms with van der Waals surface area (Å²) in [5.74, 6) is 0.810. The number of pyridine rings is 1. The molecule has 2 aromatic carbocycles. The van der Waals surface area contributed by atoms with Crippen LogP contribution in [0.5, 0.6) is 11.5 Å². The number of aromatic nitrogens is 2. The van der Waals surface area contributed by atoms with Crippen molar-refractivity contribution < 1.29 is 17.9 Å². The van der Waals surface area contributed by atoms with Crippen molar-refractivity contribution in [1.29, 1.82) is 5.26 Å². The van der Waals surface area contributed by atoms with Crippen LogP contribution in [0.2, 0.25) is 0 Å². The largest absolute Gasteiger partial charge is 0.493 e. The third kappa shape index (κ3) is 4.09. The molecular formula is C26H23N3O5S. The quantitative estimate of drug-likeness (QED) is 0.406. The van der Waals surface area contributed by atoms with Gasteiger partial charge < -0.3 is 14.0 Å². The molecule has 0 saturated carbocycles. The van der Waals surface area contributed by atoms with Gasteiger partial charge in [0.25, 0.3) is 15.6 Å². The Labute approximate surface area is 203 Å². The van der Waals surface area contributed by atoms with E-state index in [0.717, 1.165) is 5.56 Å². The summed E-state index contributed by atoms with van der Waals surface area (Å²) in [5.41, 5.74) is 1.07. The molecule has 0 spiro atoms. The van der Waals surface area contributed by atoms with Crippen LogP contribution in [0, 0.1) is 18.3 Å². The predicted molar refractivity (Wildman–Crippen MR) is 132 cm³/mol. The third-order valence-electron chi connectivity index (χ3n) is 5.74. The number of aryl methyl sites for hydroxylation is 2. The first-order chi connectivity index (χ1) is 16.7. The van der Waals surface area contributed by atoms with Gasteiger partial charge in [-0.2, -0.15) is 9.23 Å². The minimum absolute atomic E-state index is 0.0672. The number of nitriles is 1. The smallest absolute Gasteiger partial charge is 0.283 e. The Morgan fingerprint density at radius 2 is 1.60 bits per heavy atom. The zero-order chi connectivity index (χ0) is 25.3. The Morgan fingerprint density at radius 3 is 2.17 bits per heavy atom. The summed E-state index contributed by atoms with van der Waals surface area (Å²) in [6.45, 7) is 1.83. The molecule has 35 heavy (non-hydrogen) atoms. The molecule has 178 valence electrons. The molecule has 4 rings (SSSR count). The van der Waals surface area contributed by atoms with E-state index in [0.29, 0.717) is 32.3 Å². The van der Waals surface area contributed by atoms with Crippen LogP contribution in [0.25, 0.3) is 22.5 Å². The van der Waals surface area contributed by atoms with Crippen molar-refractivity contribution >= 4 is 10.0 Å². The lowest BCUT2D eigenvalue weighted by Crippen LogP contribution is -2.31. The second kappa shape index (κ2) is 9.16. The van der Waals surface area contributed by atoms with Gasteiger partial charge in [-0.3, -0.25) is 4.79 Å². The van der Waals surface area contributed by atoms with Gasteiger partial charge in [0.2, 0.25) is 0 Å². The second-order valence-electron chi connectivity index (χ2n) is 7.89. The maximum absolute atomic E-state index is 13.8. The molecule has 0 atom stereocenters. The predicted octanol–water partition coefficient (Wildman–Crippen LogP) is 3.96. The SMILES string of the molecule is COc1ccc(-c2cc(-c3cccn3C)c(C#N)c(=O)n2S(=O)(=O)c2ccc(C)cc2)cc1OC. The molecule has 0 saturated heterocycles. The van der Waals surface area contributed by atoms with Gasteiger partial charge in [0.1, 0.15) is 11.6 Å². The van der Waals surface area contributed by atoms with Crippen molar-refractivity contribution in [2.75, 3.05) is 14.2 Å². The maximum Gasteiger partial charge on any atom is 0.283 e. The Balaban J connectivity index is 2.13. The summed E-state index contributed by atoms with van der Waals surface area (Å²) >= 11 is 0. The Bertz CT molecular complexity index is 1630. The lowest BCUT2D eigenvalue weighted by atomic mass is 10.0. The van der Waals surface area contributed by atoms with Gasteiger partial charge in [-0.05, 0) is 55.5 Å². The molecule has 8 nitrogen and oxygen atoms in total. The summed E-state index contributed by atoms with van der Waals surface area (Å²) in [5, 5.41) is 9.89. The van der Waals surface area contributed by atoms with Crippen LogP contribution < -0.4 is 15.0 Å². The highest BCUT2D eigenvalue weighted by molar-refractivity contribution is 7.90. The second-order valence-corrected chi connectivity index (χ2v) is 9.68. The summed E-state index contributed by atoms with van der Waals surface area (Å²) in [6.07, 6.45) is 1.78. The van der Waals surface area contributed by atoms with Gasteiger partial charge in [-0.15, -0.1) is 0 Å². The number of hydrogen-bond donors (Lipinski definition) is 0. The van der Waals surface area contributed by atoms with E-state index in [4.69, 9.17) is 9.47 Å². The van der Waals surface area contributed by atoms with E-state index >= 15 is 0 Å². The molecule has 0 aliphatic rings. The lowest BCUT2D eigenvalue weighted by molar-refractivity contribution is 0.355. The molecular weight excluding hydrogens is 466 g/mol. The Kier molecular flexibility index (Phi) is 6.24. The minimum atomic E-state index is -4.35.